The number of carbonyl (C=O) groups is 3. The Hall–Kier alpha value is -2.37. The molecule has 6 nitrogen and oxygen atoms in total. The summed E-state index contributed by atoms with van der Waals surface area (Å²) < 4.78 is 5.02. The molecule has 0 saturated carbocycles. The molecule has 0 aliphatic rings. The van der Waals surface area contributed by atoms with E-state index in [1.165, 1.54) is 11.8 Å². The van der Waals surface area contributed by atoms with Crippen molar-refractivity contribution in [3.05, 3.63) is 29.8 Å². The van der Waals surface area contributed by atoms with Crippen LogP contribution < -0.4 is 4.90 Å². The SMILES string of the molecule is CCOC(=O)c1ccccc1N(CC(=O)N(CC)CC)C(C)=O. The lowest BCUT2D eigenvalue weighted by molar-refractivity contribution is -0.130. The van der Waals surface area contributed by atoms with Crippen LogP contribution in [0.1, 0.15) is 38.1 Å². The Labute approximate surface area is 137 Å². The van der Waals surface area contributed by atoms with Gasteiger partial charge in [-0.1, -0.05) is 12.1 Å². The van der Waals surface area contributed by atoms with E-state index in [-0.39, 0.29) is 30.5 Å². The van der Waals surface area contributed by atoms with Crippen LogP contribution in [-0.2, 0) is 14.3 Å². The van der Waals surface area contributed by atoms with Crippen molar-refractivity contribution in [2.45, 2.75) is 27.7 Å². The number of para-hydroxylation sites is 1. The van der Waals surface area contributed by atoms with Crippen molar-refractivity contribution in [2.75, 3.05) is 31.1 Å². The first-order valence-corrected chi connectivity index (χ1v) is 7.78. The highest BCUT2D eigenvalue weighted by atomic mass is 16.5. The third-order valence-electron chi connectivity index (χ3n) is 3.48. The topological polar surface area (TPSA) is 66.9 Å². The molecule has 6 heteroatoms. The van der Waals surface area contributed by atoms with Gasteiger partial charge in [-0.2, -0.15) is 0 Å². The van der Waals surface area contributed by atoms with E-state index in [0.717, 1.165) is 0 Å². The highest BCUT2D eigenvalue weighted by Gasteiger charge is 2.23. The van der Waals surface area contributed by atoms with Crippen LogP contribution in [0.5, 0.6) is 0 Å². The van der Waals surface area contributed by atoms with Crippen LogP contribution in [-0.4, -0.2) is 48.9 Å². The first kappa shape index (κ1) is 18.7. The summed E-state index contributed by atoms with van der Waals surface area (Å²) in [6.45, 7) is 8.13. The molecule has 126 valence electrons. The lowest BCUT2D eigenvalue weighted by Gasteiger charge is -2.26. The molecule has 0 fully saturated rings. The van der Waals surface area contributed by atoms with E-state index < -0.39 is 5.97 Å². The maximum Gasteiger partial charge on any atom is 0.340 e. The second-order valence-electron chi connectivity index (χ2n) is 4.91. The molecule has 0 spiro atoms. The third kappa shape index (κ3) is 4.81. The highest BCUT2D eigenvalue weighted by Crippen LogP contribution is 2.22. The second-order valence-corrected chi connectivity index (χ2v) is 4.91. The second kappa shape index (κ2) is 8.92. The van der Waals surface area contributed by atoms with Crippen molar-refractivity contribution in [2.24, 2.45) is 0 Å². The normalized spacial score (nSPS) is 10.1. The molecular weight excluding hydrogens is 296 g/mol. The number of ether oxygens (including phenoxy) is 1. The predicted octanol–water partition coefficient (Wildman–Crippen LogP) is 2.08. The summed E-state index contributed by atoms with van der Waals surface area (Å²) in [6, 6.07) is 6.64. The molecule has 1 rings (SSSR count). The van der Waals surface area contributed by atoms with E-state index in [1.54, 1.807) is 36.1 Å². The molecule has 0 bridgehead atoms. The Kier molecular flexibility index (Phi) is 7.25. The highest BCUT2D eigenvalue weighted by molar-refractivity contribution is 6.04. The number of nitrogens with zero attached hydrogens (tertiary/aromatic N) is 2. The number of anilines is 1. The van der Waals surface area contributed by atoms with Gasteiger partial charge in [0.2, 0.25) is 11.8 Å². The molecule has 1 aromatic rings. The predicted molar refractivity (Wildman–Crippen MR) is 88.4 cm³/mol. The summed E-state index contributed by atoms with van der Waals surface area (Å²) in [5, 5.41) is 0. The molecule has 0 aliphatic heterocycles. The quantitative estimate of drug-likeness (QED) is 0.722. The van der Waals surface area contributed by atoms with Crippen molar-refractivity contribution < 1.29 is 19.1 Å². The smallest absolute Gasteiger partial charge is 0.340 e. The molecule has 23 heavy (non-hydrogen) atoms. The molecule has 0 N–H and O–H groups in total. The summed E-state index contributed by atoms with van der Waals surface area (Å²) >= 11 is 0. The molecule has 0 aromatic heterocycles. The lowest BCUT2D eigenvalue weighted by atomic mass is 10.1. The van der Waals surface area contributed by atoms with Crippen LogP contribution in [0, 0.1) is 0 Å². The Bertz CT molecular complexity index is 567. The molecule has 1 aromatic carbocycles. The Balaban J connectivity index is 3.14. The third-order valence-corrected chi connectivity index (χ3v) is 3.48. The van der Waals surface area contributed by atoms with E-state index in [9.17, 15) is 14.4 Å². The van der Waals surface area contributed by atoms with Crippen LogP contribution >= 0.6 is 0 Å². The molecule has 2 amide bonds. The van der Waals surface area contributed by atoms with Crippen LogP contribution in [0.4, 0.5) is 5.69 Å². The van der Waals surface area contributed by atoms with Gasteiger partial charge in [-0.3, -0.25) is 9.59 Å². The van der Waals surface area contributed by atoms with Gasteiger partial charge in [0.25, 0.3) is 0 Å². The zero-order valence-electron chi connectivity index (χ0n) is 14.2. The number of benzene rings is 1. The van der Waals surface area contributed by atoms with Crippen LogP contribution in [0.15, 0.2) is 24.3 Å². The number of likely N-dealkylation sites (N-methyl/N-ethyl adjacent to an activating group) is 1. The van der Waals surface area contributed by atoms with Gasteiger partial charge in [0.15, 0.2) is 0 Å². The molecule has 0 unspecified atom stereocenters. The van der Waals surface area contributed by atoms with Gasteiger partial charge >= 0.3 is 5.97 Å². The van der Waals surface area contributed by atoms with E-state index >= 15 is 0 Å². The zero-order valence-corrected chi connectivity index (χ0v) is 14.2. The fraction of sp³-hybridized carbons (Fsp3) is 0.471. The monoisotopic (exact) mass is 320 g/mol. The maximum absolute atomic E-state index is 12.3. The molecule has 0 heterocycles. The molecule has 0 saturated heterocycles. The first-order valence-electron chi connectivity index (χ1n) is 7.78. The number of esters is 1. The molecule has 0 aliphatic carbocycles. The van der Waals surface area contributed by atoms with E-state index in [0.29, 0.717) is 18.8 Å². The summed E-state index contributed by atoms with van der Waals surface area (Å²) in [7, 11) is 0. The Morgan fingerprint density at radius 3 is 2.17 bits per heavy atom. The van der Waals surface area contributed by atoms with E-state index in [1.807, 2.05) is 13.8 Å². The fourth-order valence-corrected chi connectivity index (χ4v) is 2.27. The van der Waals surface area contributed by atoms with Crippen LogP contribution in [0.3, 0.4) is 0 Å². The maximum atomic E-state index is 12.3. The number of amides is 2. The first-order chi connectivity index (χ1) is 11.0. The lowest BCUT2D eigenvalue weighted by Crippen LogP contribution is -2.42. The summed E-state index contributed by atoms with van der Waals surface area (Å²) in [5.41, 5.74) is 0.663. The van der Waals surface area contributed by atoms with Crippen LogP contribution in [0.2, 0.25) is 0 Å². The van der Waals surface area contributed by atoms with Gasteiger partial charge in [-0.25, -0.2) is 4.79 Å². The minimum atomic E-state index is -0.510. The van der Waals surface area contributed by atoms with Gasteiger partial charge in [-0.15, -0.1) is 0 Å². The number of carbonyl (C=O) groups excluding carboxylic acids is 3. The van der Waals surface area contributed by atoms with Crippen molar-refractivity contribution in [1.29, 1.82) is 0 Å². The molecular formula is C17H24N2O4. The van der Waals surface area contributed by atoms with Crippen molar-refractivity contribution >= 4 is 23.5 Å². The Morgan fingerprint density at radius 1 is 1.04 bits per heavy atom. The van der Waals surface area contributed by atoms with Gasteiger partial charge in [0, 0.05) is 20.0 Å². The number of hydrogen-bond acceptors (Lipinski definition) is 4. The average Bonchev–Trinajstić information content (AvgIpc) is 2.53. The number of hydrogen-bond donors (Lipinski definition) is 0. The average molecular weight is 320 g/mol. The standard InChI is InChI=1S/C17H24N2O4/c1-5-18(6-2)16(21)12-19(13(4)20)15-11-9-8-10-14(15)17(22)23-7-3/h8-11H,5-7,12H2,1-4H3. The molecule has 0 radical (unpaired) electrons. The zero-order chi connectivity index (χ0) is 17.4. The summed E-state index contributed by atoms with van der Waals surface area (Å²) in [6.07, 6.45) is 0. The summed E-state index contributed by atoms with van der Waals surface area (Å²) in [5.74, 6) is -0.976. The van der Waals surface area contributed by atoms with E-state index in [4.69, 9.17) is 4.74 Å². The fourth-order valence-electron chi connectivity index (χ4n) is 2.27. The van der Waals surface area contributed by atoms with Crippen LogP contribution in [0.25, 0.3) is 0 Å². The Morgan fingerprint density at radius 2 is 1.65 bits per heavy atom. The largest absolute Gasteiger partial charge is 0.462 e. The molecule has 0 atom stereocenters. The summed E-state index contributed by atoms with van der Waals surface area (Å²) in [4.78, 5) is 39.4. The van der Waals surface area contributed by atoms with E-state index in [2.05, 4.69) is 0 Å². The van der Waals surface area contributed by atoms with Crippen molar-refractivity contribution in [3.63, 3.8) is 0 Å². The van der Waals surface area contributed by atoms with Gasteiger partial charge in [0.1, 0.15) is 6.54 Å². The van der Waals surface area contributed by atoms with Crippen molar-refractivity contribution in [3.8, 4) is 0 Å². The minimum Gasteiger partial charge on any atom is -0.462 e. The minimum absolute atomic E-state index is 0.104. The number of rotatable bonds is 7. The van der Waals surface area contributed by atoms with Gasteiger partial charge < -0.3 is 14.5 Å². The van der Waals surface area contributed by atoms with Crippen molar-refractivity contribution in [1.82, 2.24) is 4.90 Å². The van der Waals surface area contributed by atoms with Gasteiger partial charge in [-0.05, 0) is 32.9 Å². The van der Waals surface area contributed by atoms with Gasteiger partial charge in [0.05, 0.1) is 17.9 Å².